The largest absolute Gasteiger partial charge is 0.459 e. The smallest absolute Gasteiger partial charge is 0.431 e. The van der Waals surface area contributed by atoms with Gasteiger partial charge in [0.25, 0.3) is 0 Å². The van der Waals surface area contributed by atoms with E-state index in [-0.39, 0.29) is 0 Å². The molecule has 0 aromatic heterocycles. The SMILES string of the molecule is C=CC(=O)OCC(CC(F)(C(F)(F)F)C(F)(F)F)OC(=O)C=C. The number of carbonyl (C=O) groups is 2. The van der Waals surface area contributed by atoms with Crippen LogP contribution in [0.2, 0.25) is 0 Å². The van der Waals surface area contributed by atoms with Crippen LogP contribution in [0.25, 0.3) is 0 Å². The van der Waals surface area contributed by atoms with E-state index in [0.717, 1.165) is 0 Å². The van der Waals surface area contributed by atoms with Gasteiger partial charge in [-0.25, -0.2) is 14.0 Å². The highest BCUT2D eigenvalue weighted by Crippen LogP contribution is 2.49. The summed E-state index contributed by atoms with van der Waals surface area (Å²) < 4.78 is 96.8. The molecular formula is C12H11F7O4. The maximum absolute atomic E-state index is 13.6. The minimum Gasteiger partial charge on any atom is -0.459 e. The van der Waals surface area contributed by atoms with E-state index >= 15 is 0 Å². The molecule has 0 heterocycles. The number of rotatable bonds is 7. The summed E-state index contributed by atoms with van der Waals surface area (Å²) in [5.74, 6) is -2.63. The summed E-state index contributed by atoms with van der Waals surface area (Å²) in [6.07, 6.45) is -16.4. The fraction of sp³-hybridized carbons (Fsp3) is 0.500. The molecule has 0 saturated carbocycles. The second-order valence-electron chi connectivity index (χ2n) is 4.10. The predicted molar refractivity (Wildman–Crippen MR) is 61.8 cm³/mol. The van der Waals surface area contributed by atoms with E-state index in [2.05, 4.69) is 22.6 Å². The van der Waals surface area contributed by atoms with E-state index in [1.807, 2.05) is 0 Å². The molecule has 1 unspecified atom stereocenters. The zero-order valence-corrected chi connectivity index (χ0v) is 11.3. The van der Waals surface area contributed by atoms with Crippen molar-refractivity contribution in [3.8, 4) is 0 Å². The lowest BCUT2D eigenvalue weighted by Gasteiger charge is -2.32. The number of hydrogen-bond donors (Lipinski definition) is 0. The minimum absolute atomic E-state index is 0.434. The first-order valence-electron chi connectivity index (χ1n) is 5.73. The third-order valence-electron chi connectivity index (χ3n) is 2.44. The van der Waals surface area contributed by atoms with Gasteiger partial charge < -0.3 is 9.47 Å². The second kappa shape index (κ2) is 7.47. The Balaban J connectivity index is 5.43. The van der Waals surface area contributed by atoms with Gasteiger partial charge in [0.05, 0.1) is 0 Å². The van der Waals surface area contributed by atoms with Crippen LogP contribution in [0, 0.1) is 0 Å². The Kier molecular flexibility index (Phi) is 6.79. The fourth-order valence-corrected chi connectivity index (χ4v) is 1.29. The van der Waals surface area contributed by atoms with E-state index < -0.39 is 49.1 Å². The highest BCUT2D eigenvalue weighted by atomic mass is 19.4. The van der Waals surface area contributed by atoms with Crippen LogP contribution in [0.15, 0.2) is 25.3 Å². The third kappa shape index (κ3) is 5.57. The van der Waals surface area contributed by atoms with Gasteiger partial charge in [-0.05, 0) is 0 Å². The zero-order valence-electron chi connectivity index (χ0n) is 11.3. The van der Waals surface area contributed by atoms with Gasteiger partial charge in [0.2, 0.25) is 0 Å². The molecule has 0 N–H and O–H groups in total. The summed E-state index contributed by atoms with van der Waals surface area (Å²) in [6.45, 7) is 4.58. The normalized spacial score (nSPS) is 13.9. The van der Waals surface area contributed by atoms with E-state index in [1.54, 1.807) is 0 Å². The molecule has 0 amide bonds. The molecule has 0 aliphatic carbocycles. The first-order valence-corrected chi connectivity index (χ1v) is 5.73. The van der Waals surface area contributed by atoms with Gasteiger partial charge in [-0.1, -0.05) is 13.2 Å². The lowest BCUT2D eigenvalue weighted by atomic mass is 9.96. The van der Waals surface area contributed by atoms with Crippen LogP contribution in [0.3, 0.4) is 0 Å². The van der Waals surface area contributed by atoms with Crippen molar-refractivity contribution in [2.24, 2.45) is 0 Å². The molecule has 0 saturated heterocycles. The minimum atomic E-state index is -6.33. The van der Waals surface area contributed by atoms with Crippen molar-refractivity contribution >= 4 is 11.9 Å². The standard InChI is InChI=1S/C12H11F7O4/c1-3-8(20)22-6-7(23-9(21)4-2)5-10(13,11(14,15)16)12(17,18)19/h3-4,7H,1-2,5-6H2. The van der Waals surface area contributed by atoms with E-state index in [9.17, 15) is 40.3 Å². The van der Waals surface area contributed by atoms with Crippen LogP contribution < -0.4 is 0 Å². The topological polar surface area (TPSA) is 52.6 Å². The molecule has 0 spiro atoms. The molecule has 11 heteroatoms. The highest BCUT2D eigenvalue weighted by molar-refractivity contribution is 5.82. The number of carbonyl (C=O) groups excluding carboxylic acids is 2. The van der Waals surface area contributed by atoms with E-state index in [4.69, 9.17) is 0 Å². The average molecular weight is 352 g/mol. The van der Waals surface area contributed by atoms with Crippen LogP contribution in [0.1, 0.15) is 6.42 Å². The molecule has 132 valence electrons. The van der Waals surface area contributed by atoms with Crippen molar-refractivity contribution < 1.29 is 49.8 Å². The first-order chi connectivity index (χ1) is 10.3. The van der Waals surface area contributed by atoms with Crippen molar-refractivity contribution in [1.29, 1.82) is 0 Å². The summed E-state index contributed by atoms with van der Waals surface area (Å²) in [6, 6.07) is 0. The summed E-state index contributed by atoms with van der Waals surface area (Å²) in [7, 11) is 0. The third-order valence-corrected chi connectivity index (χ3v) is 2.44. The number of alkyl halides is 7. The lowest BCUT2D eigenvalue weighted by molar-refractivity contribution is -0.348. The molecular weight excluding hydrogens is 341 g/mol. The maximum Gasteiger partial charge on any atom is 0.431 e. The maximum atomic E-state index is 13.6. The highest BCUT2D eigenvalue weighted by Gasteiger charge is 2.73. The van der Waals surface area contributed by atoms with Crippen LogP contribution in [0.5, 0.6) is 0 Å². The first kappa shape index (κ1) is 20.9. The Labute approximate surface area is 125 Å². The molecule has 0 radical (unpaired) electrons. The Morgan fingerprint density at radius 3 is 1.70 bits per heavy atom. The number of hydrogen-bond acceptors (Lipinski definition) is 4. The molecule has 0 aromatic rings. The summed E-state index contributed by atoms with van der Waals surface area (Å²) in [5.41, 5.74) is -5.66. The van der Waals surface area contributed by atoms with E-state index in [0.29, 0.717) is 12.2 Å². The predicted octanol–water partition coefficient (Wildman–Crippen LogP) is 3.04. The number of halogens is 7. The Morgan fingerprint density at radius 1 is 0.913 bits per heavy atom. The summed E-state index contributed by atoms with van der Waals surface area (Å²) in [5, 5.41) is 0. The van der Waals surface area contributed by atoms with Gasteiger partial charge in [-0.2, -0.15) is 26.3 Å². The van der Waals surface area contributed by atoms with Gasteiger partial charge in [-0.3, -0.25) is 0 Å². The molecule has 0 aromatic carbocycles. The average Bonchev–Trinajstić information content (AvgIpc) is 2.41. The van der Waals surface area contributed by atoms with Gasteiger partial charge in [0.15, 0.2) is 0 Å². The van der Waals surface area contributed by atoms with Crippen molar-refractivity contribution in [3.05, 3.63) is 25.3 Å². The number of ether oxygens (including phenoxy) is 2. The molecule has 0 aliphatic rings. The van der Waals surface area contributed by atoms with Crippen molar-refractivity contribution in [2.75, 3.05) is 6.61 Å². The lowest BCUT2D eigenvalue weighted by Crippen LogP contribution is -2.55. The molecule has 0 bridgehead atoms. The number of esters is 2. The van der Waals surface area contributed by atoms with Gasteiger partial charge in [-0.15, -0.1) is 0 Å². The summed E-state index contributed by atoms with van der Waals surface area (Å²) >= 11 is 0. The van der Waals surface area contributed by atoms with Crippen LogP contribution in [0.4, 0.5) is 30.7 Å². The van der Waals surface area contributed by atoms with Gasteiger partial charge in [0, 0.05) is 18.6 Å². The molecule has 0 aliphatic heterocycles. The van der Waals surface area contributed by atoms with Gasteiger partial charge in [0.1, 0.15) is 12.7 Å². The van der Waals surface area contributed by atoms with Crippen molar-refractivity contribution in [1.82, 2.24) is 0 Å². The van der Waals surface area contributed by atoms with E-state index in [1.165, 1.54) is 0 Å². The Morgan fingerprint density at radius 2 is 1.35 bits per heavy atom. The monoisotopic (exact) mass is 352 g/mol. The van der Waals surface area contributed by atoms with Crippen LogP contribution in [-0.4, -0.2) is 42.7 Å². The molecule has 4 nitrogen and oxygen atoms in total. The van der Waals surface area contributed by atoms with Crippen LogP contribution >= 0.6 is 0 Å². The van der Waals surface area contributed by atoms with Gasteiger partial charge >= 0.3 is 30.0 Å². The summed E-state index contributed by atoms with van der Waals surface area (Å²) in [4.78, 5) is 21.7. The fourth-order valence-electron chi connectivity index (χ4n) is 1.29. The van der Waals surface area contributed by atoms with Crippen molar-refractivity contribution in [2.45, 2.75) is 30.5 Å². The van der Waals surface area contributed by atoms with Crippen molar-refractivity contribution in [3.63, 3.8) is 0 Å². The van der Waals surface area contributed by atoms with Crippen LogP contribution in [-0.2, 0) is 19.1 Å². The zero-order chi connectivity index (χ0) is 18.5. The Bertz CT molecular complexity index is 453. The molecule has 0 fully saturated rings. The quantitative estimate of drug-likeness (QED) is 0.402. The molecule has 0 rings (SSSR count). The Hall–Kier alpha value is -2.07. The molecule has 1 atom stereocenters. The molecule has 23 heavy (non-hydrogen) atoms. The second-order valence-corrected chi connectivity index (χ2v) is 4.10.